The van der Waals surface area contributed by atoms with Crippen LogP contribution in [-0.4, -0.2) is 36.4 Å². The number of carbonyl (C=O) groups is 1. The molecule has 1 unspecified atom stereocenters. The van der Waals surface area contributed by atoms with E-state index in [1.54, 1.807) is 0 Å². The van der Waals surface area contributed by atoms with Crippen molar-refractivity contribution in [3.05, 3.63) is 28.2 Å². The van der Waals surface area contributed by atoms with Crippen LogP contribution in [0.4, 0.5) is 0 Å². The second-order valence-electron chi connectivity index (χ2n) is 4.16. The van der Waals surface area contributed by atoms with Crippen LogP contribution in [0.25, 0.3) is 0 Å². The summed E-state index contributed by atoms with van der Waals surface area (Å²) in [6.07, 6.45) is 0.787. The SMILES string of the molecule is O=C(O)C1CCCN1S(=O)(=O)c1c(Cl)cccc1Cl. The number of halogens is 2. The van der Waals surface area contributed by atoms with Gasteiger partial charge in [0.25, 0.3) is 0 Å². The lowest BCUT2D eigenvalue weighted by atomic mass is 10.2. The van der Waals surface area contributed by atoms with E-state index >= 15 is 0 Å². The van der Waals surface area contributed by atoms with Crippen LogP contribution in [0.15, 0.2) is 23.1 Å². The van der Waals surface area contributed by atoms with Gasteiger partial charge in [0.2, 0.25) is 10.0 Å². The van der Waals surface area contributed by atoms with Crippen LogP contribution in [0.1, 0.15) is 12.8 Å². The first kappa shape index (κ1) is 14.6. The second-order valence-corrected chi connectivity index (χ2v) is 6.80. The summed E-state index contributed by atoms with van der Waals surface area (Å²) in [6.45, 7) is 0.154. The average molecular weight is 324 g/mol. The fourth-order valence-corrected chi connectivity index (χ4v) is 4.87. The maximum atomic E-state index is 12.5. The second kappa shape index (κ2) is 5.28. The average Bonchev–Trinajstić information content (AvgIpc) is 2.77. The Bertz CT molecular complexity index is 597. The molecule has 5 nitrogen and oxygen atoms in total. The fraction of sp³-hybridized carbons (Fsp3) is 0.364. The minimum atomic E-state index is -4.01. The molecule has 0 spiro atoms. The standard InChI is InChI=1S/C11H11Cl2NO4S/c12-7-3-1-4-8(13)10(7)19(17,18)14-6-2-5-9(14)11(15)16/h1,3-4,9H,2,5-6H2,(H,15,16). The highest BCUT2D eigenvalue weighted by Crippen LogP contribution is 2.34. The van der Waals surface area contributed by atoms with Gasteiger partial charge in [-0.2, -0.15) is 4.31 Å². The molecule has 1 aliphatic heterocycles. The third-order valence-electron chi connectivity index (χ3n) is 2.97. The lowest BCUT2D eigenvalue weighted by Gasteiger charge is -2.22. The van der Waals surface area contributed by atoms with E-state index < -0.39 is 22.0 Å². The molecule has 1 atom stereocenters. The third kappa shape index (κ3) is 2.58. The molecule has 0 saturated carbocycles. The van der Waals surface area contributed by atoms with Crippen LogP contribution in [0.2, 0.25) is 10.0 Å². The van der Waals surface area contributed by atoms with Crippen molar-refractivity contribution in [2.24, 2.45) is 0 Å². The van der Waals surface area contributed by atoms with Crippen molar-refractivity contribution in [3.63, 3.8) is 0 Å². The minimum absolute atomic E-state index is 0.0106. The molecule has 1 N–H and O–H groups in total. The molecule has 0 aromatic heterocycles. The van der Waals surface area contributed by atoms with Gasteiger partial charge in [0.05, 0.1) is 10.0 Å². The highest BCUT2D eigenvalue weighted by Gasteiger charge is 2.41. The Hall–Kier alpha value is -0.820. The van der Waals surface area contributed by atoms with Crippen molar-refractivity contribution in [2.45, 2.75) is 23.8 Å². The Kier molecular flexibility index (Phi) is 4.06. The van der Waals surface area contributed by atoms with Gasteiger partial charge in [-0.3, -0.25) is 4.79 Å². The maximum absolute atomic E-state index is 12.5. The summed E-state index contributed by atoms with van der Waals surface area (Å²) in [4.78, 5) is 10.9. The zero-order valence-corrected chi connectivity index (χ0v) is 12.0. The smallest absolute Gasteiger partial charge is 0.322 e. The van der Waals surface area contributed by atoms with Crippen LogP contribution in [0, 0.1) is 0 Å². The van der Waals surface area contributed by atoms with E-state index in [2.05, 4.69) is 0 Å². The lowest BCUT2D eigenvalue weighted by molar-refractivity contribution is -0.140. The van der Waals surface area contributed by atoms with Gasteiger partial charge in [0.1, 0.15) is 10.9 Å². The number of carboxylic acids is 1. The molecule has 104 valence electrons. The lowest BCUT2D eigenvalue weighted by Crippen LogP contribution is -2.40. The summed E-state index contributed by atoms with van der Waals surface area (Å²) in [7, 11) is -4.01. The summed E-state index contributed by atoms with van der Waals surface area (Å²) in [5.41, 5.74) is 0. The highest BCUT2D eigenvalue weighted by atomic mass is 35.5. The molecule has 1 heterocycles. The molecule has 2 rings (SSSR count). The zero-order chi connectivity index (χ0) is 14.2. The number of carboxylic acid groups (broad SMARTS) is 1. The number of hydrogen-bond acceptors (Lipinski definition) is 3. The van der Waals surface area contributed by atoms with Gasteiger partial charge >= 0.3 is 5.97 Å². The van der Waals surface area contributed by atoms with E-state index in [1.807, 2.05) is 0 Å². The van der Waals surface area contributed by atoms with E-state index in [-0.39, 0.29) is 27.9 Å². The molecule has 0 radical (unpaired) electrons. The van der Waals surface area contributed by atoms with Crippen molar-refractivity contribution in [3.8, 4) is 0 Å². The van der Waals surface area contributed by atoms with Crippen molar-refractivity contribution in [1.82, 2.24) is 4.31 Å². The molecule has 19 heavy (non-hydrogen) atoms. The van der Waals surface area contributed by atoms with Gasteiger partial charge in [-0.25, -0.2) is 8.42 Å². The number of sulfonamides is 1. The molecule has 1 aromatic rings. The van der Waals surface area contributed by atoms with E-state index in [1.165, 1.54) is 18.2 Å². The first-order chi connectivity index (χ1) is 8.85. The van der Waals surface area contributed by atoms with E-state index in [9.17, 15) is 13.2 Å². The monoisotopic (exact) mass is 323 g/mol. The Morgan fingerprint density at radius 3 is 2.42 bits per heavy atom. The van der Waals surface area contributed by atoms with Crippen molar-refractivity contribution in [2.75, 3.05) is 6.54 Å². The van der Waals surface area contributed by atoms with Gasteiger partial charge in [-0.1, -0.05) is 29.3 Å². The van der Waals surface area contributed by atoms with Crippen molar-refractivity contribution in [1.29, 1.82) is 0 Å². The summed E-state index contributed by atoms with van der Waals surface area (Å²) >= 11 is 11.8. The summed E-state index contributed by atoms with van der Waals surface area (Å²) < 4.78 is 25.9. The van der Waals surface area contributed by atoms with Gasteiger partial charge in [0.15, 0.2) is 0 Å². The highest BCUT2D eigenvalue weighted by molar-refractivity contribution is 7.89. The number of hydrogen-bond donors (Lipinski definition) is 1. The number of nitrogens with zero attached hydrogens (tertiary/aromatic N) is 1. The Labute approximate surface area is 120 Å². The quantitative estimate of drug-likeness (QED) is 0.925. The molecule has 1 aromatic carbocycles. The van der Waals surface area contributed by atoms with Crippen LogP contribution in [0.3, 0.4) is 0 Å². The molecule has 1 fully saturated rings. The van der Waals surface area contributed by atoms with Gasteiger partial charge in [0, 0.05) is 6.54 Å². The van der Waals surface area contributed by atoms with Crippen LogP contribution in [0.5, 0.6) is 0 Å². The topological polar surface area (TPSA) is 74.7 Å². The first-order valence-electron chi connectivity index (χ1n) is 5.54. The van der Waals surface area contributed by atoms with Crippen molar-refractivity contribution < 1.29 is 18.3 Å². The first-order valence-corrected chi connectivity index (χ1v) is 7.74. The predicted molar refractivity (Wildman–Crippen MR) is 71.0 cm³/mol. The number of rotatable bonds is 3. The molecule has 1 aliphatic rings. The van der Waals surface area contributed by atoms with Gasteiger partial charge in [-0.15, -0.1) is 0 Å². The van der Waals surface area contributed by atoms with Gasteiger partial charge in [-0.05, 0) is 25.0 Å². The molecule has 8 heteroatoms. The van der Waals surface area contributed by atoms with E-state index in [0.717, 1.165) is 4.31 Å². The molecular formula is C11H11Cl2NO4S. The predicted octanol–water partition coefficient (Wildman–Crippen LogP) is 2.23. The fourth-order valence-electron chi connectivity index (χ4n) is 2.12. The zero-order valence-electron chi connectivity index (χ0n) is 9.71. The van der Waals surface area contributed by atoms with Crippen molar-refractivity contribution >= 4 is 39.2 Å². The molecule has 0 bridgehead atoms. The largest absolute Gasteiger partial charge is 0.480 e. The minimum Gasteiger partial charge on any atom is -0.480 e. The Morgan fingerprint density at radius 1 is 1.32 bits per heavy atom. The Balaban J connectivity index is 2.51. The van der Waals surface area contributed by atoms with Crippen LogP contribution < -0.4 is 0 Å². The summed E-state index contributed by atoms with van der Waals surface area (Å²) in [5.74, 6) is -1.16. The molecule has 1 saturated heterocycles. The molecule has 0 amide bonds. The molecule has 0 aliphatic carbocycles. The Morgan fingerprint density at radius 2 is 1.89 bits per heavy atom. The van der Waals surface area contributed by atoms with E-state index in [0.29, 0.717) is 6.42 Å². The van der Waals surface area contributed by atoms with Crippen LogP contribution in [-0.2, 0) is 14.8 Å². The summed E-state index contributed by atoms with van der Waals surface area (Å²) in [5, 5.41) is 9.04. The number of benzene rings is 1. The van der Waals surface area contributed by atoms with Crippen LogP contribution >= 0.6 is 23.2 Å². The van der Waals surface area contributed by atoms with E-state index in [4.69, 9.17) is 28.3 Å². The molecular weight excluding hydrogens is 313 g/mol. The van der Waals surface area contributed by atoms with Gasteiger partial charge < -0.3 is 5.11 Å². The maximum Gasteiger partial charge on any atom is 0.322 e. The summed E-state index contributed by atoms with van der Waals surface area (Å²) in [6, 6.07) is 3.29. The third-order valence-corrected chi connectivity index (χ3v) is 5.84. The normalized spacial score (nSPS) is 20.6. The number of aliphatic carboxylic acids is 1.